The van der Waals surface area contributed by atoms with Crippen LogP contribution in [0.4, 0.5) is 0 Å². The lowest BCUT2D eigenvalue weighted by molar-refractivity contribution is -0.122. The Morgan fingerprint density at radius 1 is 1.40 bits per heavy atom. The molecule has 0 saturated heterocycles. The quantitative estimate of drug-likeness (QED) is 0.886. The topological polar surface area (TPSA) is 68.0 Å². The number of thiazole rings is 1. The first-order valence-electron chi connectivity index (χ1n) is 6.51. The first kappa shape index (κ1) is 19.6. The van der Waals surface area contributed by atoms with E-state index < -0.39 is 0 Å². The van der Waals surface area contributed by atoms with Gasteiger partial charge in [0.25, 0.3) is 0 Å². The van der Waals surface area contributed by atoms with Crippen LogP contribution >= 0.6 is 36.2 Å². The molecule has 20 heavy (non-hydrogen) atoms. The Labute approximate surface area is 136 Å². The largest absolute Gasteiger partial charge is 0.350 e. The summed E-state index contributed by atoms with van der Waals surface area (Å²) in [4.78, 5) is 17.4. The van der Waals surface area contributed by atoms with Gasteiger partial charge in [-0.3, -0.25) is 4.79 Å². The molecule has 0 spiro atoms. The van der Waals surface area contributed by atoms with Crippen LogP contribution in [-0.4, -0.2) is 16.9 Å². The summed E-state index contributed by atoms with van der Waals surface area (Å²) >= 11 is 1.65. The minimum Gasteiger partial charge on any atom is -0.350 e. The third-order valence-electron chi connectivity index (χ3n) is 3.68. The number of rotatable bonds is 4. The summed E-state index contributed by atoms with van der Waals surface area (Å²) in [5, 5.41) is 3.92. The molecule has 1 aliphatic rings. The highest BCUT2D eigenvalue weighted by Crippen LogP contribution is 2.26. The van der Waals surface area contributed by atoms with Crippen LogP contribution in [-0.2, 0) is 11.3 Å². The molecule has 1 saturated carbocycles. The number of nitrogens with zero attached hydrogens (tertiary/aromatic N) is 1. The Morgan fingerprint density at radius 2 is 2.10 bits per heavy atom. The highest BCUT2D eigenvalue weighted by molar-refractivity contribution is 7.11. The molecule has 0 unspecified atom stereocenters. The third-order valence-corrected chi connectivity index (χ3v) is 4.75. The minimum absolute atomic E-state index is 0. The summed E-state index contributed by atoms with van der Waals surface area (Å²) in [5.41, 5.74) is 7.02. The molecule has 3 N–H and O–H groups in total. The van der Waals surface area contributed by atoms with Crippen LogP contribution in [0.3, 0.4) is 0 Å². The summed E-state index contributed by atoms with van der Waals surface area (Å²) in [6.07, 6.45) is 3.86. The highest BCUT2D eigenvalue weighted by Gasteiger charge is 2.25. The maximum atomic E-state index is 11.8. The zero-order valence-corrected chi connectivity index (χ0v) is 14.3. The second kappa shape index (κ2) is 8.82. The van der Waals surface area contributed by atoms with Crippen LogP contribution in [0.15, 0.2) is 0 Å². The number of carbonyl (C=O) groups is 1. The normalized spacial score (nSPS) is 20.9. The smallest absolute Gasteiger partial charge is 0.220 e. The van der Waals surface area contributed by atoms with Gasteiger partial charge < -0.3 is 11.1 Å². The predicted molar refractivity (Wildman–Crippen MR) is 87.9 cm³/mol. The number of halogens is 2. The molecule has 4 nitrogen and oxygen atoms in total. The molecule has 1 amide bonds. The van der Waals surface area contributed by atoms with Crippen molar-refractivity contribution in [1.29, 1.82) is 0 Å². The molecule has 1 fully saturated rings. The second-order valence-corrected chi connectivity index (χ2v) is 6.37. The fourth-order valence-corrected chi connectivity index (χ4v) is 3.29. The van der Waals surface area contributed by atoms with E-state index in [1.165, 1.54) is 4.88 Å². The number of amides is 1. The zero-order valence-electron chi connectivity index (χ0n) is 11.8. The van der Waals surface area contributed by atoms with Gasteiger partial charge in [0.05, 0.1) is 12.2 Å². The van der Waals surface area contributed by atoms with Crippen molar-refractivity contribution < 1.29 is 4.79 Å². The fraction of sp³-hybridized carbons (Fsp3) is 0.692. The van der Waals surface area contributed by atoms with E-state index >= 15 is 0 Å². The van der Waals surface area contributed by atoms with Crippen molar-refractivity contribution >= 4 is 42.1 Å². The van der Waals surface area contributed by atoms with Gasteiger partial charge in [-0.05, 0) is 32.6 Å². The third kappa shape index (κ3) is 5.20. The molecule has 1 aromatic rings. The van der Waals surface area contributed by atoms with E-state index in [1.807, 2.05) is 6.92 Å². The van der Waals surface area contributed by atoms with Crippen molar-refractivity contribution in [3.05, 3.63) is 15.6 Å². The molecule has 0 aliphatic heterocycles. The Kier molecular flexibility index (Phi) is 8.66. The average molecular weight is 340 g/mol. The molecule has 7 heteroatoms. The highest BCUT2D eigenvalue weighted by atomic mass is 35.5. The van der Waals surface area contributed by atoms with Gasteiger partial charge in [0.15, 0.2) is 0 Å². The van der Waals surface area contributed by atoms with Crippen LogP contribution in [0, 0.1) is 19.8 Å². The summed E-state index contributed by atoms with van der Waals surface area (Å²) in [6, 6.07) is 0.208. The monoisotopic (exact) mass is 339 g/mol. The molecular formula is C13H23Cl2N3OS. The van der Waals surface area contributed by atoms with E-state index in [4.69, 9.17) is 5.73 Å². The summed E-state index contributed by atoms with van der Waals surface area (Å²) in [7, 11) is 0. The molecular weight excluding hydrogens is 317 g/mol. The van der Waals surface area contributed by atoms with E-state index in [-0.39, 0.29) is 36.8 Å². The average Bonchev–Trinajstić information content (AvgIpc) is 2.85. The molecule has 2 atom stereocenters. The van der Waals surface area contributed by atoms with E-state index in [1.54, 1.807) is 11.3 Å². The maximum Gasteiger partial charge on any atom is 0.220 e. The molecule has 1 aliphatic carbocycles. The van der Waals surface area contributed by atoms with Gasteiger partial charge in [0, 0.05) is 17.3 Å². The number of nitrogens with one attached hydrogen (secondary N) is 1. The van der Waals surface area contributed by atoms with Gasteiger partial charge in [-0.2, -0.15) is 0 Å². The standard InChI is InChI=1S/C13H21N3OS.2ClH/c1-8-9(2)18-13(16-8)7-15-12(17)6-10-4-3-5-11(10)14;;/h10-11H,3-7,14H2,1-2H3,(H,15,17);2*1H/t10-,11+;;/m0../s1. The summed E-state index contributed by atoms with van der Waals surface area (Å²) < 4.78 is 0. The van der Waals surface area contributed by atoms with Crippen LogP contribution in [0.25, 0.3) is 0 Å². The lowest BCUT2D eigenvalue weighted by Gasteiger charge is -2.14. The first-order valence-corrected chi connectivity index (χ1v) is 7.33. The number of aryl methyl sites for hydroxylation is 2. The van der Waals surface area contributed by atoms with Gasteiger partial charge in [-0.25, -0.2) is 4.98 Å². The molecule has 2 rings (SSSR count). The molecule has 0 bridgehead atoms. The van der Waals surface area contributed by atoms with Crippen LogP contribution in [0.5, 0.6) is 0 Å². The Bertz CT molecular complexity index is 420. The van der Waals surface area contributed by atoms with Gasteiger partial charge in [-0.15, -0.1) is 36.2 Å². The van der Waals surface area contributed by atoms with Gasteiger partial charge in [-0.1, -0.05) is 6.42 Å². The number of nitrogens with two attached hydrogens (primary N) is 1. The van der Waals surface area contributed by atoms with Crippen LogP contribution < -0.4 is 11.1 Å². The molecule has 1 heterocycles. The lowest BCUT2D eigenvalue weighted by atomic mass is 10.00. The van der Waals surface area contributed by atoms with Gasteiger partial charge >= 0.3 is 0 Å². The zero-order chi connectivity index (χ0) is 13.1. The lowest BCUT2D eigenvalue weighted by Crippen LogP contribution is -2.31. The number of aromatic nitrogens is 1. The minimum atomic E-state index is 0. The van der Waals surface area contributed by atoms with Crippen molar-refractivity contribution in [1.82, 2.24) is 10.3 Å². The van der Waals surface area contributed by atoms with E-state index in [9.17, 15) is 4.79 Å². The van der Waals surface area contributed by atoms with Crippen molar-refractivity contribution in [2.75, 3.05) is 0 Å². The van der Waals surface area contributed by atoms with E-state index in [0.717, 1.165) is 30.0 Å². The number of hydrogen-bond acceptors (Lipinski definition) is 4. The second-order valence-electron chi connectivity index (χ2n) is 5.08. The first-order chi connectivity index (χ1) is 8.56. The summed E-state index contributed by atoms with van der Waals surface area (Å²) in [6.45, 7) is 4.59. The van der Waals surface area contributed by atoms with Gasteiger partial charge in [0.1, 0.15) is 5.01 Å². The number of hydrogen-bond donors (Lipinski definition) is 2. The van der Waals surface area contributed by atoms with Crippen LogP contribution in [0.1, 0.15) is 41.3 Å². The summed E-state index contributed by atoms with van der Waals surface area (Å²) in [5.74, 6) is 0.465. The van der Waals surface area contributed by atoms with Crippen molar-refractivity contribution in [2.45, 2.75) is 52.1 Å². The predicted octanol–water partition coefficient (Wildman–Crippen LogP) is 2.74. The van der Waals surface area contributed by atoms with Crippen molar-refractivity contribution in [3.63, 3.8) is 0 Å². The van der Waals surface area contributed by atoms with E-state index in [2.05, 4.69) is 17.2 Å². The van der Waals surface area contributed by atoms with Crippen LogP contribution in [0.2, 0.25) is 0 Å². The number of carbonyl (C=O) groups excluding carboxylic acids is 1. The fourth-order valence-electron chi connectivity index (χ4n) is 2.42. The van der Waals surface area contributed by atoms with Crippen molar-refractivity contribution in [3.8, 4) is 0 Å². The Balaban J connectivity index is 0.00000180. The maximum absolute atomic E-state index is 11.8. The Morgan fingerprint density at radius 3 is 2.60 bits per heavy atom. The van der Waals surface area contributed by atoms with Gasteiger partial charge in [0.2, 0.25) is 5.91 Å². The SMILES string of the molecule is Cc1nc(CNC(=O)C[C@@H]2CCC[C@H]2N)sc1C.Cl.Cl. The molecule has 0 radical (unpaired) electrons. The molecule has 1 aromatic heterocycles. The Hall–Kier alpha value is -0.360. The molecule has 116 valence electrons. The molecule has 0 aromatic carbocycles. The van der Waals surface area contributed by atoms with E-state index in [0.29, 0.717) is 18.9 Å². The van der Waals surface area contributed by atoms with Crippen molar-refractivity contribution in [2.24, 2.45) is 11.7 Å².